The predicted octanol–water partition coefficient (Wildman–Crippen LogP) is 4.20. The van der Waals surface area contributed by atoms with Crippen LogP contribution < -0.4 is 5.32 Å². The highest BCUT2D eigenvalue weighted by Gasteiger charge is 2.12. The second-order valence-corrected chi connectivity index (χ2v) is 6.08. The summed E-state index contributed by atoms with van der Waals surface area (Å²) in [7, 11) is 0. The number of anilines is 1. The molecule has 0 amide bonds. The number of hydrogen-bond donors (Lipinski definition) is 1. The number of aryl methyl sites for hydroxylation is 4. The first kappa shape index (κ1) is 14.0. The van der Waals surface area contributed by atoms with Crippen LogP contribution in [0.25, 0.3) is 0 Å². The van der Waals surface area contributed by atoms with E-state index < -0.39 is 0 Å². The van der Waals surface area contributed by atoms with Gasteiger partial charge in [-0.1, -0.05) is 30.4 Å². The Morgan fingerprint density at radius 2 is 1.79 bits per heavy atom. The Kier molecular flexibility index (Phi) is 4.20. The molecule has 2 rings (SSSR count). The van der Waals surface area contributed by atoms with Crippen molar-refractivity contribution in [3.05, 3.63) is 39.4 Å². The van der Waals surface area contributed by atoms with Gasteiger partial charge in [0.15, 0.2) is 0 Å². The lowest BCUT2D eigenvalue weighted by molar-refractivity contribution is 0.858. The average Bonchev–Trinajstić information content (AvgIpc) is 2.81. The standard InChI is InChI=1S/C15H21N3S/c1-6-14-17-18-15(19-14)16-12(5)13-8-10(3)9(2)7-11(13)4/h7-8,12H,6H2,1-5H3,(H,16,18). The van der Waals surface area contributed by atoms with Gasteiger partial charge in [-0.05, 0) is 56.4 Å². The molecule has 0 fully saturated rings. The van der Waals surface area contributed by atoms with Crippen LogP contribution in [0.15, 0.2) is 12.1 Å². The molecule has 0 spiro atoms. The van der Waals surface area contributed by atoms with Gasteiger partial charge in [-0.15, -0.1) is 10.2 Å². The van der Waals surface area contributed by atoms with Crippen LogP contribution in [0.1, 0.15) is 47.2 Å². The molecule has 0 aliphatic rings. The predicted molar refractivity (Wildman–Crippen MR) is 82.0 cm³/mol. The molecule has 0 aliphatic carbocycles. The van der Waals surface area contributed by atoms with Gasteiger partial charge >= 0.3 is 0 Å². The van der Waals surface area contributed by atoms with Crippen LogP contribution in [-0.2, 0) is 6.42 Å². The highest BCUT2D eigenvalue weighted by Crippen LogP contribution is 2.26. The quantitative estimate of drug-likeness (QED) is 0.908. The number of rotatable bonds is 4. The Morgan fingerprint density at radius 1 is 1.11 bits per heavy atom. The topological polar surface area (TPSA) is 37.8 Å². The van der Waals surface area contributed by atoms with Crippen LogP contribution in [-0.4, -0.2) is 10.2 Å². The number of hydrogen-bond acceptors (Lipinski definition) is 4. The second kappa shape index (κ2) is 5.70. The van der Waals surface area contributed by atoms with Crippen molar-refractivity contribution in [3.8, 4) is 0 Å². The van der Waals surface area contributed by atoms with Crippen molar-refractivity contribution in [2.75, 3.05) is 5.32 Å². The van der Waals surface area contributed by atoms with Crippen molar-refractivity contribution in [3.63, 3.8) is 0 Å². The van der Waals surface area contributed by atoms with Crippen LogP contribution >= 0.6 is 11.3 Å². The third-order valence-electron chi connectivity index (χ3n) is 3.46. The van der Waals surface area contributed by atoms with Gasteiger partial charge in [-0.25, -0.2) is 0 Å². The molecule has 1 aromatic heterocycles. The zero-order valence-corrected chi connectivity index (χ0v) is 13.1. The van der Waals surface area contributed by atoms with E-state index in [2.05, 4.69) is 62.3 Å². The summed E-state index contributed by atoms with van der Waals surface area (Å²) in [5, 5.41) is 13.7. The molecule has 4 heteroatoms. The minimum Gasteiger partial charge on any atom is -0.354 e. The summed E-state index contributed by atoms with van der Waals surface area (Å²) in [5.41, 5.74) is 5.33. The van der Waals surface area contributed by atoms with E-state index in [-0.39, 0.29) is 6.04 Å². The number of nitrogens with one attached hydrogen (secondary N) is 1. The molecule has 3 nitrogen and oxygen atoms in total. The van der Waals surface area contributed by atoms with Crippen molar-refractivity contribution < 1.29 is 0 Å². The smallest absolute Gasteiger partial charge is 0.206 e. The largest absolute Gasteiger partial charge is 0.354 e. The van der Waals surface area contributed by atoms with Crippen LogP contribution in [0.2, 0.25) is 0 Å². The van der Waals surface area contributed by atoms with Crippen molar-refractivity contribution in [2.45, 2.75) is 47.1 Å². The van der Waals surface area contributed by atoms with Gasteiger partial charge in [0, 0.05) is 0 Å². The van der Waals surface area contributed by atoms with E-state index in [0.717, 1.165) is 16.6 Å². The summed E-state index contributed by atoms with van der Waals surface area (Å²) in [6.07, 6.45) is 0.941. The summed E-state index contributed by atoms with van der Waals surface area (Å²) in [4.78, 5) is 0. The van der Waals surface area contributed by atoms with Gasteiger partial charge in [0.1, 0.15) is 5.01 Å². The molecule has 2 aromatic rings. The van der Waals surface area contributed by atoms with Gasteiger partial charge in [-0.3, -0.25) is 0 Å². The van der Waals surface area contributed by atoms with E-state index in [9.17, 15) is 0 Å². The fourth-order valence-corrected chi connectivity index (χ4v) is 2.93. The lowest BCUT2D eigenvalue weighted by atomic mass is 9.97. The molecule has 0 bridgehead atoms. The number of benzene rings is 1. The summed E-state index contributed by atoms with van der Waals surface area (Å²) >= 11 is 1.64. The fraction of sp³-hybridized carbons (Fsp3) is 0.467. The van der Waals surface area contributed by atoms with Crippen LogP contribution in [0.5, 0.6) is 0 Å². The minimum absolute atomic E-state index is 0.247. The van der Waals surface area contributed by atoms with Crippen LogP contribution in [0.3, 0.4) is 0 Å². The third kappa shape index (κ3) is 3.13. The Hall–Kier alpha value is -1.42. The lowest BCUT2D eigenvalue weighted by Crippen LogP contribution is -2.08. The molecular weight excluding hydrogens is 254 g/mol. The molecule has 0 aliphatic heterocycles. The maximum atomic E-state index is 4.18. The van der Waals surface area contributed by atoms with E-state index >= 15 is 0 Å². The average molecular weight is 275 g/mol. The van der Waals surface area contributed by atoms with Crippen molar-refractivity contribution in [2.24, 2.45) is 0 Å². The summed E-state index contributed by atoms with van der Waals surface area (Å²) in [5.74, 6) is 0. The molecule has 1 heterocycles. The number of aromatic nitrogens is 2. The highest BCUT2D eigenvalue weighted by atomic mass is 32.1. The first-order valence-corrected chi connectivity index (χ1v) is 7.49. The Balaban J connectivity index is 2.19. The van der Waals surface area contributed by atoms with E-state index in [1.165, 1.54) is 22.3 Å². The first-order chi connectivity index (χ1) is 9.01. The number of nitrogens with zero attached hydrogens (tertiary/aromatic N) is 2. The molecule has 0 saturated heterocycles. The lowest BCUT2D eigenvalue weighted by Gasteiger charge is -2.17. The van der Waals surface area contributed by atoms with Gasteiger partial charge in [0.05, 0.1) is 6.04 Å². The molecule has 1 unspecified atom stereocenters. The third-order valence-corrected chi connectivity index (χ3v) is 4.46. The molecule has 1 atom stereocenters. The normalized spacial score (nSPS) is 12.5. The summed E-state index contributed by atoms with van der Waals surface area (Å²) in [6.45, 7) is 10.7. The molecule has 1 aromatic carbocycles. The maximum absolute atomic E-state index is 4.18. The van der Waals surface area contributed by atoms with Crippen LogP contribution in [0, 0.1) is 20.8 Å². The van der Waals surface area contributed by atoms with E-state index in [1.807, 2.05) is 0 Å². The van der Waals surface area contributed by atoms with Crippen LogP contribution in [0.4, 0.5) is 5.13 Å². The van der Waals surface area contributed by atoms with Gasteiger partial charge in [-0.2, -0.15) is 0 Å². The summed E-state index contributed by atoms with van der Waals surface area (Å²) in [6, 6.07) is 4.77. The zero-order chi connectivity index (χ0) is 14.0. The Labute approximate surface area is 119 Å². The SMILES string of the molecule is CCc1nnc(NC(C)c2cc(C)c(C)cc2C)s1. The maximum Gasteiger partial charge on any atom is 0.206 e. The van der Waals surface area contributed by atoms with E-state index in [4.69, 9.17) is 0 Å². The Bertz CT molecular complexity index is 575. The van der Waals surface area contributed by atoms with E-state index in [1.54, 1.807) is 11.3 Å². The molecule has 0 radical (unpaired) electrons. The van der Waals surface area contributed by atoms with Gasteiger partial charge in [0.2, 0.25) is 5.13 Å². The minimum atomic E-state index is 0.247. The zero-order valence-electron chi connectivity index (χ0n) is 12.2. The van der Waals surface area contributed by atoms with Crippen molar-refractivity contribution in [1.82, 2.24) is 10.2 Å². The molecule has 1 N–H and O–H groups in total. The van der Waals surface area contributed by atoms with Crippen molar-refractivity contribution >= 4 is 16.5 Å². The monoisotopic (exact) mass is 275 g/mol. The second-order valence-electron chi connectivity index (χ2n) is 5.01. The van der Waals surface area contributed by atoms with E-state index in [0.29, 0.717) is 0 Å². The van der Waals surface area contributed by atoms with Gasteiger partial charge in [0.25, 0.3) is 0 Å². The molecule has 102 valence electrons. The highest BCUT2D eigenvalue weighted by molar-refractivity contribution is 7.15. The van der Waals surface area contributed by atoms with Gasteiger partial charge < -0.3 is 5.32 Å². The van der Waals surface area contributed by atoms with Crippen molar-refractivity contribution in [1.29, 1.82) is 0 Å². The molecule has 19 heavy (non-hydrogen) atoms. The Morgan fingerprint density at radius 3 is 2.42 bits per heavy atom. The fourth-order valence-electron chi connectivity index (χ4n) is 2.17. The summed E-state index contributed by atoms with van der Waals surface area (Å²) < 4.78 is 0. The molecular formula is C15H21N3S. The molecule has 0 saturated carbocycles. The first-order valence-electron chi connectivity index (χ1n) is 6.68.